The minimum absolute atomic E-state index is 0.00741. The zero-order valence-corrected chi connectivity index (χ0v) is 15.8. The topological polar surface area (TPSA) is 51.4 Å². The van der Waals surface area contributed by atoms with Crippen molar-refractivity contribution in [2.75, 3.05) is 13.2 Å². The van der Waals surface area contributed by atoms with Crippen LogP contribution in [0, 0.1) is 6.92 Å². The zero-order valence-electron chi connectivity index (χ0n) is 15.8. The number of rotatable bonds is 5. The molecule has 3 rings (SSSR count). The molecule has 0 N–H and O–H groups in total. The van der Waals surface area contributed by atoms with Crippen LogP contribution in [0.4, 0.5) is 0 Å². The van der Waals surface area contributed by atoms with Crippen LogP contribution in [0.5, 0.6) is 0 Å². The molecule has 2 heterocycles. The fourth-order valence-electron chi connectivity index (χ4n) is 3.04. The van der Waals surface area contributed by atoms with E-state index in [9.17, 15) is 0 Å². The molecule has 0 radical (unpaired) electrons. The Bertz CT molecular complexity index is 667. The highest BCUT2D eigenvalue weighted by Crippen LogP contribution is 2.26. The lowest BCUT2D eigenvalue weighted by molar-refractivity contribution is 0.0702. The maximum Gasteiger partial charge on any atom is 0.230 e. The molecular weight excluding hydrogens is 314 g/mol. The molecule has 0 aliphatic carbocycles. The molecule has 1 aliphatic rings. The average Bonchev–Trinajstić information content (AvgIpc) is 3.05. The van der Waals surface area contributed by atoms with Crippen molar-refractivity contribution in [3.8, 4) is 0 Å². The number of aryl methyl sites for hydroxylation is 1. The summed E-state index contributed by atoms with van der Waals surface area (Å²) in [6.07, 6.45) is 2.12. The van der Waals surface area contributed by atoms with Crippen molar-refractivity contribution in [3.63, 3.8) is 0 Å². The van der Waals surface area contributed by atoms with E-state index < -0.39 is 0 Å². The van der Waals surface area contributed by atoms with Crippen molar-refractivity contribution >= 4 is 0 Å². The first kappa shape index (κ1) is 18.1. The van der Waals surface area contributed by atoms with E-state index in [0.29, 0.717) is 19.0 Å². The van der Waals surface area contributed by atoms with Crippen LogP contribution in [0.3, 0.4) is 0 Å². The van der Waals surface area contributed by atoms with E-state index in [1.165, 1.54) is 11.1 Å². The summed E-state index contributed by atoms with van der Waals surface area (Å²) in [5.41, 5.74) is 2.58. The third-order valence-corrected chi connectivity index (χ3v) is 4.76. The van der Waals surface area contributed by atoms with Gasteiger partial charge in [-0.05, 0) is 46.1 Å². The maximum absolute atomic E-state index is 5.96. The Labute approximate surface area is 150 Å². The Balaban J connectivity index is 1.70. The number of nitrogens with zero attached hydrogens (tertiary/aromatic N) is 3. The second-order valence-corrected chi connectivity index (χ2v) is 7.96. The molecule has 1 aliphatic heterocycles. The van der Waals surface area contributed by atoms with Crippen molar-refractivity contribution < 1.29 is 9.15 Å². The highest BCUT2D eigenvalue weighted by Gasteiger charge is 2.26. The van der Waals surface area contributed by atoms with Gasteiger partial charge in [0.15, 0.2) is 0 Å². The predicted octanol–water partition coefficient (Wildman–Crippen LogP) is 4.07. The van der Waals surface area contributed by atoms with E-state index in [0.717, 1.165) is 31.9 Å². The highest BCUT2D eigenvalue weighted by molar-refractivity contribution is 5.21. The van der Waals surface area contributed by atoms with Gasteiger partial charge in [0, 0.05) is 18.7 Å². The molecule has 0 saturated carbocycles. The van der Waals surface area contributed by atoms with E-state index in [-0.39, 0.29) is 11.5 Å². The van der Waals surface area contributed by atoms with Gasteiger partial charge in [-0.3, -0.25) is 4.90 Å². The molecule has 1 saturated heterocycles. The van der Waals surface area contributed by atoms with Gasteiger partial charge in [-0.2, -0.15) is 0 Å². The smallest absolute Gasteiger partial charge is 0.230 e. The molecule has 1 aromatic carbocycles. The standard InChI is InChI=1S/C20H29N3O2/c1-15-7-9-16(10-8-15)12-23(20(2,3)4)13-18-21-22-19(25-18)17-6-5-11-24-14-17/h7-10,17H,5-6,11-14H2,1-4H3. The Hall–Kier alpha value is -1.72. The van der Waals surface area contributed by atoms with Crippen LogP contribution in [0.25, 0.3) is 0 Å². The number of hydrogen-bond acceptors (Lipinski definition) is 5. The lowest BCUT2D eigenvalue weighted by atomic mass is 10.0. The van der Waals surface area contributed by atoms with Gasteiger partial charge < -0.3 is 9.15 Å². The van der Waals surface area contributed by atoms with E-state index in [1.54, 1.807) is 0 Å². The lowest BCUT2D eigenvalue weighted by Gasteiger charge is -2.34. The van der Waals surface area contributed by atoms with Crippen LogP contribution >= 0.6 is 0 Å². The van der Waals surface area contributed by atoms with Crippen molar-refractivity contribution in [1.82, 2.24) is 15.1 Å². The summed E-state index contributed by atoms with van der Waals surface area (Å²) < 4.78 is 11.5. The summed E-state index contributed by atoms with van der Waals surface area (Å²) in [5, 5.41) is 8.56. The fraction of sp³-hybridized carbons (Fsp3) is 0.600. The molecule has 1 atom stereocenters. The van der Waals surface area contributed by atoms with Crippen LogP contribution < -0.4 is 0 Å². The van der Waals surface area contributed by atoms with E-state index in [1.807, 2.05) is 0 Å². The average molecular weight is 343 g/mol. The summed E-state index contributed by atoms with van der Waals surface area (Å²) in [6, 6.07) is 8.69. The molecule has 1 aromatic heterocycles. The first-order valence-electron chi connectivity index (χ1n) is 9.12. The molecule has 0 amide bonds. The third-order valence-electron chi connectivity index (χ3n) is 4.76. The largest absolute Gasteiger partial charge is 0.423 e. The Morgan fingerprint density at radius 1 is 1.12 bits per heavy atom. The number of benzene rings is 1. The van der Waals surface area contributed by atoms with Crippen molar-refractivity contribution in [3.05, 3.63) is 47.2 Å². The van der Waals surface area contributed by atoms with Crippen LogP contribution in [0.2, 0.25) is 0 Å². The van der Waals surface area contributed by atoms with E-state index >= 15 is 0 Å². The second-order valence-electron chi connectivity index (χ2n) is 7.96. The van der Waals surface area contributed by atoms with E-state index in [4.69, 9.17) is 9.15 Å². The van der Waals surface area contributed by atoms with Crippen molar-refractivity contribution in [1.29, 1.82) is 0 Å². The minimum Gasteiger partial charge on any atom is -0.423 e. The van der Waals surface area contributed by atoms with Crippen LogP contribution in [-0.2, 0) is 17.8 Å². The van der Waals surface area contributed by atoms with Gasteiger partial charge in [0.2, 0.25) is 11.8 Å². The van der Waals surface area contributed by atoms with Gasteiger partial charge in [0.05, 0.1) is 19.1 Å². The fourth-order valence-corrected chi connectivity index (χ4v) is 3.04. The second kappa shape index (κ2) is 7.67. The maximum atomic E-state index is 5.96. The van der Waals surface area contributed by atoms with Crippen LogP contribution in [-0.4, -0.2) is 33.8 Å². The van der Waals surface area contributed by atoms with Gasteiger partial charge >= 0.3 is 0 Å². The van der Waals surface area contributed by atoms with Gasteiger partial charge in [-0.15, -0.1) is 10.2 Å². The Morgan fingerprint density at radius 2 is 1.88 bits per heavy atom. The number of aromatic nitrogens is 2. The van der Waals surface area contributed by atoms with Gasteiger partial charge in [0.25, 0.3) is 0 Å². The summed E-state index contributed by atoms with van der Waals surface area (Å²) >= 11 is 0. The minimum atomic E-state index is 0.00741. The SMILES string of the molecule is Cc1ccc(CN(Cc2nnc(C3CCCOC3)o2)C(C)(C)C)cc1. The molecule has 136 valence electrons. The molecule has 2 aromatic rings. The number of ether oxygens (including phenoxy) is 1. The quantitative estimate of drug-likeness (QED) is 0.819. The predicted molar refractivity (Wildman–Crippen MR) is 97.3 cm³/mol. The zero-order chi connectivity index (χ0) is 17.9. The first-order valence-corrected chi connectivity index (χ1v) is 9.12. The molecule has 1 fully saturated rings. The third kappa shape index (κ3) is 4.89. The molecule has 5 heteroatoms. The monoisotopic (exact) mass is 343 g/mol. The van der Waals surface area contributed by atoms with E-state index in [2.05, 4.69) is 67.1 Å². The van der Waals surface area contributed by atoms with Gasteiger partial charge in [-0.25, -0.2) is 0 Å². The molecular formula is C20H29N3O2. The van der Waals surface area contributed by atoms with Gasteiger partial charge in [-0.1, -0.05) is 29.8 Å². The van der Waals surface area contributed by atoms with Crippen LogP contribution in [0.15, 0.2) is 28.7 Å². The first-order chi connectivity index (χ1) is 11.9. The van der Waals surface area contributed by atoms with Crippen LogP contribution in [0.1, 0.15) is 62.4 Å². The molecule has 0 spiro atoms. The summed E-state index contributed by atoms with van der Waals surface area (Å²) in [5.74, 6) is 1.65. The molecule has 1 unspecified atom stereocenters. The summed E-state index contributed by atoms with van der Waals surface area (Å²) in [6.45, 7) is 11.8. The van der Waals surface area contributed by atoms with Crippen molar-refractivity contribution in [2.24, 2.45) is 0 Å². The summed E-state index contributed by atoms with van der Waals surface area (Å²) in [4.78, 5) is 2.37. The summed E-state index contributed by atoms with van der Waals surface area (Å²) in [7, 11) is 0. The lowest BCUT2D eigenvalue weighted by Crippen LogP contribution is -2.40. The van der Waals surface area contributed by atoms with Crippen molar-refractivity contribution in [2.45, 2.75) is 65.1 Å². The molecule has 5 nitrogen and oxygen atoms in total. The molecule has 0 bridgehead atoms. The normalized spacial score (nSPS) is 18.7. The Kier molecular flexibility index (Phi) is 5.54. The van der Waals surface area contributed by atoms with Gasteiger partial charge in [0.1, 0.15) is 0 Å². The number of hydrogen-bond donors (Lipinski definition) is 0. The Morgan fingerprint density at radius 3 is 2.52 bits per heavy atom. The highest BCUT2D eigenvalue weighted by atomic mass is 16.5. The molecule has 25 heavy (non-hydrogen) atoms.